The van der Waals surface area contributed by atoms with E-state index in [1.807, 2.05) is 45.2 Å². The molecule has 0 bridgehead atoms. The molecule has 0 N–H and O–H groups in total. The Kier molecular flexibility index (Phi) is 6.00. The number of carbonyl (C=O) groups excluding carboxylic acids is 1. The number of aromatic nitrogens is 1. The van der Waals surface area contributed by atoms with Gasteiger partial charge in [0.1, 0.15) is 5.60 Å². The molecule has 3 nitrogen and oxygen atoms in total. The predicted molar refractivity (Wildman–Crippen MR) is 76.8 cm³/mol. The molecular weight excluding hydrogens is 238 g/mol. The highest BCUT2D eigenvalue weighted by Gasteiger charge is 2.16. The van der Waals surface area contributed by atoms with E-state index >= 15 is 0 Å². The number of rotatable bonds is 6. The second-order valence-corrected chi connectivity index (χ2v) is 6.09. The van der Waals surface area contributed by atoms with Crippen molar-refractivity contribution in [1.82, 2.24) is 4.98 Å². The molecule has 0 amide bonds. The second-order valence-electron chi connectivity index (χ2n) is 6.09. The lowest BCUT2D eigenvalue weighted by atomic mass is 9.98. The van der Waals surface area contributed by atoms with E-state index in [2.05, 4.69) is 11.9 Å². The monoisotopic (exact) mass is 263 g/mol. The van der Waals surface area contributed by atoms with Crippen LogP contribution in [0.3, 0.4) is 0 Å². The first-order chi connectivity index (χ1) is 8.87. The smallest absolute Gasteiger partial charge is 0.306 e. The number of nitrogens with zero attached hydrogens (tertiary/aromatic N) is 1. The lowest BCUT2D eigenvalue weighted by Gasteiger charge is -2.20. The zero-order chi connectivity index (χ0) is 14.3. The molecule has 0 radical (unpaired) electrons. The Morgan fingerprint density at radius 2 is 2.05 bits per heavy atom. The van der Waals surface area contributed by atoms with Crippen molar-refractivity contribution in [2.24, 2.45) is 5.92 Å². The highest BCUT2D eigenvalue weighted by Crippen LogP contribution is 2.16. The summed E-state index contributed by atoms with van der Waals surface area (Å²) >= 11 is 0. The molecule has 0 aliphatic heterocycles. The van der Waals surface area contributed by atoms with E-state index < -0.39 is 0 Å². The first kappa shape index (κ1) is 15.7. The largest absolute Gasteiger partial charge is 0.460 e. The first-order valence-electron chi connectivity index (χ1n) is 6.98. The fourth-order valence-corrected chi connectivity index (χ4v) is 1.84. The summed E-state index contributed by atoms with van der Waals surface area (Å²) in [5.41, 5.74) is 0.737. The molecule has 1 unspecified atom stereocenters. The molecule has 1 atom stereocenters. The average Bonchev–Trinajstić information content (AvgIpc) is 2.33. The van der Waals surface area contributed by atoms with Gasteiger partial charge in [-0.2, -0.15) is 0 Å². The maximum atomic E-state index is 11.6. The highest BCUT2D eigenvalue weighted by molar-refractivity contribution is 5.69. The van der Waals surface area contributed by atoms with Crippen LogP contribution in [0.1, 0.15) is 52.7 Å². The Bertz CT molecular complexity index is 381. The Labute approximate surface area is 116 Å². The molecule has 0 aliphatic rings. The fourth-order valence-electron chi connectivity index (χ4n) is 1.84. The Morgan fingerprint density at radius 1 is 1.32 bits per heavy atom. The van der Waals surface area contributed by atoms with E-state index in [0.717, 1.165) is 25.0 Å². The van der Waals surface area contributed by atoms with Gasteiger partial charge in [-0.25, -0.2) is 0 Å². The fraction of sp³-hybridized carbons (Fsp3) is 0.625. The van der Waals surface area contributed by atoms with Gasteiger partial charge < -0.3 is 4.74 Å². The van der Waals surface area contributed by atoms with E-state index in [1.165, 1.54) is 0 Å². The van der Waals surface area contributed by atoms with Gasteiger partial charge in [0.2, 0.25) is 0 Å². The summed E-state index contributed by atoms with van der Waals surface area (Å²) in [6, 6.07) is 5.98. The first-order valence-corrected chi connectivity index (χ1v) is 6.98. The van der Waals surface area contributed by atoms with Crippen LogP contribution in [0.2, 0.25) is 0 Å². The van der Waals surface area contributed by atoms with Crippen LogP contribution in [0.5, 0.6) is 0 Å². The molecule has 106 valence electrons. The van der Waals surface area contributed by atoms with Crippen LogP contribution in [0.15, 0.2) is 24.4 Å². The lowest BCUT2D eigenvalue weighted by Crippen LogP contribution is -2.24. The van der Waals surface area contributed by atoms with Gasteiger partial charge in [-0.3, -0.25) is 9.78 Å². The van der Waals surface area contributed by atoms with Crippen molar-refractivity contribution in [3.05, 3.63) is 30.1 Å². The molecule has 0 fully saturated rings. The highest BCUT2D eigenvalue weighted by atomic mass is 16.6. The van der Waals surface area contributed by atoms with E-state index in [4.69, 9.17) is 4.74 Å². The topological polar surface area (TPSA) is 39.2 Å². The molecule has 0 spiro atoms. The molecule has 0 aliphatic carbocycles. The molecule has 19 heavy (non-hydrogen) atoms. The van der Waals surface area contributed by atoms with Gasteiger partial charge in [0.15, 0.2) is 0 Å². The quantitative estimate of drug-likeness (QED) is 0.733. The number of hydrogen-bond donors (Lipinski definition) is 0. The zero-order valence-corrected chi connectivity index (χ0v) is 12.5. The summed E-state index contributed by atoms with van der Waals surface area (Å²) in [7, 11) is 0. The number of aryl methyl sites for hydroxylation is 1. The van der Waals surface area contributed by atoms with Crippen molar-refractivity contribution >= 4 is 5.97 Å². The number of esters is 1. The third kappa shape index (κ3) is 7.60. The van der Waals surface area contributed by atoms with Crippen molar-refractivity contribution in [2.45, 2.75) is 59.0 Å². The standard InChI is InChI=1S/C16H25NO2/c1-13(8-10-14-7-5-6-12-17-14)9-11-15(18)19-16(2,3)4/h5-7,12-13H,8-11H2,1-4H3. The van der Waals surface area contributed by atoms with E-state index in [0.29, 0.717) is 12.3 Å². The van der Waals surface area contributed by atoms with Crippen molar-refractivity contribution in [3.8, 4) is 0 Å². The molecule has 1 aromatic rings. The molecule has 1 heterocycles. The lowest BCUT2D eigenvalue weighted by molar-refractivity contribution is -0.155. The normalized spacial score (nSPS) is 13.1. The maximum Gasteiger partial charge on any atom is 0.306 e. The van der Waals surface area contributed by atoms with E-state index in [9.17, 15) is 4.79 Å². The van der Waals surface area contributed by atoms with Crippen LogP contribution in [-0.4, -0.2) is 16.6 Å². The minimum Gasteiger partial charge on any atom is -0.460 e. The minimum absolute atomic E-state index is 0.0998. The minimum atomic E-state index is -0.381. The SMILES string of the molecule is CC(CCC(=O)OC(C)(C)C)CCc1ccccn1. The van der Waals surface area contributed by atoms with Crippen molar-refractivity contribution in [1.29, 1.82) is 0 Å². The Morgan fingerprint density at radius 3 is 2.63 bits per heavy atom. The van der Waals surface area contributed by atoms with Crippen LogP contribution < -0.4 is 0 Å². The third-order valence-electron chi connectivity index (χ3n) is 2.88. The summed E-state index contributed by atoms with van der Waals surface area (Å²) in [5, 5.41) is 0. The summed E-state index contributed by atoms with van der Waals surface area (Å²) < 4.78 is 5.30. The summed E-state index contributed by atoms with van der Waals surface area (Å²) in [5.74, 6) is 0.409. The van der Waals surface area contributed by atoms with Gasteiger partial charge in [0.25, 0.3) is 0 Å². The number of carbonyl (C=O) groups is 1. The molecule has 0 saturated carbocycles. The van der Waals surface area contributed by atoms with Crippen LogP contribution in [0.4, 0.5) is 0 Å². The average molecular weight is 263 g/mol. The van der Waals surface area contributed by atoms with Gasteiger partial charge >= 0.3 is 5.97 Å². The van der Waals surface area contributed by atoms with Crippen LogP contribution in [0.25, 0.3) is 0 Å². The Balaban J connectivity index is 2.21. The Hall–Kier alpha value is -1.38. The zero-order valence-electron chi connectivity index (χ0n) is 12.5. The number of pyridine rings is 1. The molecule has 0 aromatic carbocycles. The number of hydrogen-bond acceptors (Lipinski definition) is 3. The summed E-state index contributed by atoms with van der Waals surface area (Å²) in [6.07, 6.45) is 5.22. The molecule has 3 heteroatoms. The van der Waals surface area contributed by atoms with Crippen LogP contribution in [0, 0.1) is 5.92 Å². The third-order valence-corrected chi connectivity index (χ3v) is 2.88. The predicted octanol–water partition coefficient (Wildman–Crippen LogP) is 3.77. The van der Waals surface area contributed by atoms with E-state index in [-0.39, 0.29) is 11.6 Å². The van der Waals surface area contributed by atoms with Gasteiger partial charge in [-0.15, -0.1) is 0 Å². The number of ether oxygens (including phenoxy) is 1. The summed E-state index contributed by atoms with van der Waals surface area (Å²) in [6.45, 7) is 7.87. The maximum absolute atomic E-state index is 11.6. The van der Waals surface area contributed by atoms with Gasteiger partial charge in [0, 0.05) is 18.3 Å². The van der Waals surface area contributed by atoms with Crippen molar-refractivity contribution in [3.63, 3.8) is 0 Å². The van der Waals surface area contributed by atoms with Crippen LogP contribution in [-0.2, 0) is 16.0 Å². The molecular formula is C16H25NO2. The second kappa shape index (κ2) is 7.27. The van der Waals surface area contributed by atoms with Gasteiger partial charge in [-0.1, -0.05) is 13.0 Å². The molecule has 1 rings (SSSR count). The van der Waals surface area contributed by atoms with Crippen molar-refractivity contribution in [2.75, 3.05) is 0 Å². The van der Waals surface area contributed by atoms with E-state index in [1.54, 1.807) is 0 Å². The van der Waals surface area contributed by atoms with Gasteiger partial charge in [-0.05, 0) is 58.1 Å². The molecule has 1 aromatic heterocycles. The van der Waals surface area contributed by atoms with Crippen molar-refractivity contribution < 1.29 is 9.53 Å². The van der Waals surface area contributed by atoms with Gasteiger partial charge in [0.05, 0.1) is 0 Å². The van der Waals surface area contributed by atoms with Crippen LogP contribution >= 0.6 is 0 Å². The molecule has 0 saturated heterocycles. The summed E-state index contributed by atoms with van der Waals surface area (Å²) in [4.78, 5) is 15.9.